The summed E-state index contributed by atoms with van der Waals surface area (Å²) >= 11 is 1.41. The average molecular weight is 293 g/mol. The molecular formula is C15H19NO3S. The molecule has 1 heterocycles. The molecule has 0 saturated heterocycles. The number of amides is 1. The monoisotopic (exact) mass is 293 g/mol. The lowest BCUT2D eigenvalue weighted by Crippen LogP contribution is -2.37. The molecule has 1 aromatic carbocycles. The molecule has 1 aromatic rings. The quantitative estimate of drug-likeness (QED) is 0.906. The van der Waals surface area contributed by atoms with Gasteiger partial charge in [0.15, 0.2) is 0 Å². The number of thioether (sulfide) groups is 1. The zero-order chi connectivity index (χ0) is 14.5. The van der Waals surface area contributed by atoms with Crippen molar-refractivity contribution in [1.82, 2.24) is 0 Å². The molecule has 0 spiro atoms. The third kappa shape index (κ3) is 3.76. The van der Waals surface area contributed by atoms with Crippen molar-refractivity contribution in [2.75, 3.05) is 17.2 Å². The highest BCUT2D eigenvalue weighted by Crippen LogP contribution is 2.27. The van der Waals surface area contributed by atoms with Crippen molar-refractivity contribution in [3.8, 4) is 0 Å². The SMILES string of the molecule is CC(CC(=O)O)SCC(=O)N1CCCc2ccccc21. The molecule has 20 heavy (non-hydrogen) atoms. The standard InChI is InChI=1S/C15H19NO3S/c1-11(9-15(18)19)20-10-14(17)16-8-4-6-12-5-2-3-7-13(12)16/h2-3,5,7,11H,4,6,8-10H2,1H3,(H,18,19). The first-order valence-electron chi connectivity index (χ1n) is 6.79. The third-order valence-corrected chi connectivity index (χ3v) is 4.51. The third-order valence-electron chi connectivity index (χ3n) is 3.36. The van der Waals surface area contributed by atoms with Crippen LogP contribution in [0.25, 0.3) is 0 Å². The number of benzene rings is 1. The van der Waals surface area contributed by atoms with Crippen molar-refractivity contribution in [2.24, 2.45) is 0 Å². The summed E-state index contributed by atoms with van der Waals surface area (Å²) < 4.78 is 0. The van der Waals surface area contributed by atoms with Gasteiger partial charge in [-0.25, -0.2) is 0 Å². The van der Waals surface area contributed by atoms with E-state index in [0.29, 0.717) is 5.75 Å². The fourth-order valence-electron chi connectivity index (χ4n) is 2.39. The Morgan fingerprint density at radius 3 is 2.90 bits per heavy atom. The molecule has 108 valence electrons. The van der Waals surface area contributed by atoms with Crippen LogP contribution < -0.4 is 4.90 Å². The smallest absolute Gasteiger partial charge is 0.304 e. The molecule has 0 saturated carbocycles. The summed E-state index contributed by atoms with van der Waals surface area (Å²) in [7, 11) is 0. The molecule has 0 aliphatic carbocycles. The number of carbonyl (C=O) groups excluding carboxylic acids is 1. The minimum atomic E-state index is -0.819. The molecule has 0 aromatic heterocycles. The van der Waals surface area contributed by atoms with Crippen LogP contribution in [0.5, 0.6) is 0 Å². The van der Waals surface area contributed by atoms with Crippen LogP contribution in [-0.4, -0.2) is 34.5 Å². The topological polar surface area (TPSA) is 57.6 Å². The molecule has 0 bridgehead atoms. The van der Waals surface area contributed by atoms with E-state index in [2.05, 4.69) is 6.07 Å². The van der Waals surface area contributed by atoms with Gasteiger partial charge in [-0.3, -0.25) is 9.59 Å². The number of carboxylic acid groups (broad SMARTS) is 1. The van der Waals surface area contributed by atoms with E-state index < -0.39 is 5.97 Å². The highest BCUT2D eigenvalue weighted by Gasteiger charge is 2.22. The minimum Gasteiger partial charge on any atom is -0.481 e. The van der Waals surface area contributed by atoms with Crippen molar-refractivity contribution in [2.45, 2.75) is 31.4 Å². The Balaban J connectivity index is 1.95. The second kappa shape index (κ2) is 6.79. The lowest BCUT2D eigenvalue weighted by molar-refractivity contribution is -0.136. The summed E-state index contributed by atoms with van der Waals surface area (Å²) in [6, 6.07) is 7.99. The number of aliphatic carboxylic acids is 1. The molecule has 1 unspecified atom stereocenters. The second-order valence-electron chi connectivity index (χ2n) is 5.00. The summed E-state index contributed by atoms with van der Waals surface area (Å²) in [5, 5.41) is 8.67. The van der Waals surface area contributed by atoms with E-state index in [1.807, 2.05) is 30.0 Å². The van der Waals surface area contributed by atoms with E-state index >= 15 is 0 Å². The number of para-hydroxylation sites is 1. The molecule has 1 aliphatic heterocycles. The van der Waals surface area contributed by atoms with E-state index in [0.717, 1.165) is 25.1 Å². The molecule has 1 N–H and O–H groups in total. The molecule has 4 nitrogen and oxygen atoms in total. The van der Waals surface area contributed by atoms with Crippen LogP contribution in [0.1, 0.15) is 25.3 Å². The summed E-state index contributed by atoms with van der Waals surface area (Å²) in [6.45, 7) is 2.60. The van der Waals surface area contributed by atoms with Crippen LogP contribution in [0.15, 0.2) is 24.3 Å². The maximum Gasteiger partial charge on any atom is 0.304 e. The number of fused-ring (bicyclic) bond motifs is 1. The Kier molecular flexibility index (Phi) is 5.06. The zero-order valence-corrected chi connectivity index (χ0v) is 12.4. The Morgan fingerprint density at radius 1 is 1.40 bits per heavy atom. The second-order valence-corrected chi connectivity index (χ2v) is 6.42. The van der Waals surface area contributed by atoms with Crippen molar-refractivity contribution in [3.63, 3.8) is 0 Å². The van der Waals surface area contributed by atoms with Crippen LogP contribution in [-0.2, 0) is 16.0 Å². The van der Waals surface area contributed by atoms with Gasteiger partial charge in [-0.1, -0.05) is 25.1 Å². The number of rotatable bonds is 5. The first-order valence-corrected chi connectivity index (χ1v) is 7.84. The van der Waals surface area contributed by atoms with Gasteiger partial charge in [0.05, 0.1) is 12.2 Å². The lowest BCUT2D eigenvalue weighted by Gasteiger charge is -2.29. The number of nitrogens with zero attached hydrogens (tertiary/aromatic N) is 1. The van der Waals surface area contributed by atoms with Gasteiger partial charge in [0, 0.05) is 17.5 Å². The number of hydrogen-bond donors (Lipinski definition) is 1. The number of aryl methyl sites for hydroxylation is 1. The molecule has 2 rings (SSSR count). The Morgan fingerprint density at radius 2 is 2.15 bits per heavy atom. The van der Waals surface area contributed by atoms with Crippen LogP contribution in [0.4, 0.5) is 5.69 Å². The molecule has 0 radical (unpaired) electrons. The molecule has 5 heteroatoms. The highest BCUT2D eigenvalue weighted by atomic mass is 32.2. The van der Waals surface area contributed by atoms with Crippen molar-refractivity contribution >= 4 is 29.3 Å². The van der Waals surface area contributed by atoms with Crippen LogP contribution in [0.3, 0.4) is 0 Å². The van der Waals surface area contributed by atoms with Gasteiger partial charge in [-0.05, 0) is 24.5 Å². The van der Waals surface area contributed by atoms with Gasteiger partial charge >= 0.3 is 5.97 Å². The van der Waals surface area contributed by atoms with Gasteiger partial charge in [-0.15, -0.1) is 11.8 Å². The summed E-state index contributed by atoms with van der Waals surface area (Å²) in [5.41, 5.74) is 2.23. The maximum atomic E-state index is 12.3. The Hall–Kier alpha value is -1.49. The largest absolute Gasteiger partial charge is 0.481 e. The molecule has 1 aliphatic rings. The molecule has 1 atom stereocenters. The van der Waals surface area contributed by atoms with E-state index in [9.17, 15) is 9.59 Å². The number of carboxylic acids is 1. The summed E-state index contributed by atoms with van der Waals surface area (Å²) in [4.78, 5) is 24.8. The number of hydrogen-bond acceptors (Lipinski definition) is 3. The predicted molar refractivity (Wildman–Crippen MR) is 81.3 cm³/mol. The Labute approximate surface area is 123 Å². The molecule has 0 fully saturated rings. The van der Waals surface area contributed by atoms with E-state index in [1.165, 1.54) is 17.3 Å². The average Bonchev–Trinajstić information content (AvgIpc) is 2.43. The molecule has 1 amide bonds. The fourth-order valence-corrected chi connectivity index (χ4v) is 3.23. The fraction of sp³-hybridized carbons (Fsp3) is 0.467. The first-order chi connectivity index (χ1) is 9.58. The van der Waals surface area contributed by atoms with Gasteiger partial charge in [0.25, 0.3) is 0 Å². The maximum absolute atomic E-state index is 12.3. The lowest BCUT2D eigenvalue weighted by atomic mass is 10.0. The normalized spacial score (nSPS) is 15.6. The van der Waals surface area contributed by atoms with E-state index in [1.54, 1.807) is 0 Å². The van der Waals surface area contributed by atoms with Gasteiger partial charge < -0.3 is 10.0 Å². The van der Waals surface area contributed by atoms with Crippen molar-refractivity contribution in [3.05, 3.63) is 29.8 Å². The predicted octanol–water partition coefficient (Wildman–Crippen LogP) is 2.56. The van der Waals surface area contributed by atoms with Gasteiger partial charge in [0.2, 0.25) is 5.91 Å². The van der Waals surface area contributed by atoms with Gasteiger partial charge in [-0.2, -0.15) is 0 Å². The van der Waals surface area contributed by atoms with Crippen LogP contribution >= 0.6 is 11.8 Å². The van der Waals surface area contributed by atoms with Crippen LogP contribution in [0.2, 0.25) is 0 Å². The summed E-state index contributed by atoms with van der Waals surface area (Å²) in [6.07, 6.45) is 2.09. The zero-order valence-electron chi connectivity index (χ0n) is 11.5. The van der Waals surface area contributed by atoms with Gasteiger partial charge in [0.1, 0.15) is 0 Å². The summed E-state index contributed by atoms with van der Waals surface area (Å²) in [5.74, 6) is -0.414. The van der Waals surface area contributed by atoms with Crippen molar-refractivity contribution < 1.29 is 14.7 Å². The Bertz CT molecular complexity index is 504. The molecular weight excluding hydrogens is 274 g/mol. The minimum absolute atomic E-state index is 0.0449. The number of anilines is 1. The van der Waals surface area contributed by atoms with Crippen LogP contribution in [0, 0.1) is 0 Å². The first kappa shape index (κ1) is 14.9. The van der Waals surface area contributed by atoms with Crippen molar-refractivity contribution in [1.29, 1.82) is 0 Å². The highest BCUT2D eigenvalue weighted by molar-refractivity contribution is 8.00. The number of carbonyl (C=O) groups is 2. The van der Waals surface area contributed by atoms with E-state index in [4.69, 9.17) is 5.11 Å². The van der Waals surface area contributed by atoms with E-state index in [-0.39, 0.29) is 17.6 Å².